The number of anilines is 1. The third-order valence-electron chi connectivity index (χ3n) is 7.80. The Morgan fingerprint density at radius 3 is 2.20 bits per heavy atom. The molecule has 1 N–H and O–H groups in total. The maximum absolute atomic E-state index is 15.1. The molecule has 8 nitrogen and oxygen atoms in total. The van der Waals surface area contributed by atoms with Gasteiger partial charge in [-0.1, -0.05) is 17.7 Å². The van der Waals surface area contributed by atoms with Crippen molar-refractivity contribution in [2.45, 2.75) is 26.8 Å². The zero-order valence-electron chi connectivity index (χ0n) is 23.3. The number of phenolic OH excluding ortho intramolecular Hbond substituents is 1. The second-order valence-corrected chi connectivity index (χ2v) is 11.0. The number of aromatic hydroxyl groups is 1. The summed E-state index contributed by atoms with van der Waals surface area (Å²) in [6.45, 7) is 9.24. The lowest BCUT2D eigenvalue weighted by atomic mass is 9.94. The van der Waals surface area contributed by atoms with Gasteiger partial charge in [0.15, 0.2) is 0 Å². The van der Waals surface area contributed by atoms with E-state index >= 15 is 4.39 Å². The van der Waals surface area contributed by atoms with Crippen LogP contribution in [0.2, 0.25) is 5.02 Å². The Bertz CT molecular complexity index is 1710. The van der Waals surface area contributed by atoms with Crippen LogP contribution in [-0.4, -0.2) is 55.9 Å². The molecule has 0 atom stereocenters. The van der Waals surface area contributed by atoms with Gasteiger partial charge in [-0.05, 0) is 56.2 Å². The van der Waals surface area contributed by atoms with Crippen molar-refractivity contribution < 1.29 is 9.50 Å². The van der Waals surface area contributed by atoms with Crippen LogP contribution in [0.1, 0.15) is 19.4 Å². The molecule has 0 spiro atoms. The Hall–Kier alpha value is -3.82. The van der Waals surface area contributed by atoms with Crippen LogP contribution in [0.5, 0.6) is 5.75 Å². The lowest BCUT2D eigenvalue weighted by molar-refractivity contribution is 0.209. The van der Waals surface area contributed by atoms with Gasteiger partial charge in [-0.25, -0.2) is 9.18 Å². The molecule has 1 aliphatic rings. The minimum absolute atomic E-state index is 0.126. The van der Waals surface area contributed by atoms with E-state index in [2.05, 4.69) is 23.6 Å². The largest absolute Gasteiger partial charge is 0.507 e. The molecule has 0 radical (unpaired) electrons. The summed E-state index contributed by atoms with van der Waals surface area (Å²) in [5.74, 6) is -0.665. The lowest BCUT2D eigenvalue weighted by Crippen LogP contribution is -2.50. The second-order valence-electron chi connectivity index (χ2n) is 10.6. The zero-order valence-corrected chi connectivity index (χ0v) is 24.0. The number of hydrogen-bond acceptors (Lipinski definition) is 5. The first kappa shape index (κ1) is 27.7. The van der Waals surface area contributed by atoms with E-state index in [1.165, 1.54) is 25.8 Å². The van der Waals surface area contributed by atoms with E-state index in [1.54, 1.807) is 50.9 Å². The summed E-state index contributed by atoms with van der Waals surface area (Å²) in [7, 11) is 3.31. The monoisotopic (exact) mass is 565 g/mol. The van der Waals surface area contributed by atoms with E-state index in [-0.39, 0.29) is 33.1 Å². The van der Waals surface area contributed by atoms with Crippen molar-refractivity contribution in [3.05, 3.63) is 86.2 Å². The van der Waals surface area contributed by atoms with Gasteiger partial charge in [0.2, 0.25) is 0 Å². The predicted octanol–water partition coefficient (Wildman–Crippen LogP) is 4.55. The van der Waals surface area contributed by atoms with Crippen LogP contribution in [0.15, 0.2) is 58.5 Å². The van der Waals surface area contributed by atoms with Crippen LogP contribution in [0.3, 0.4) is 0 Å². The average Bonchev–Trinajstić information content (AvgIpc) is 3.25. The summed E-state index contributed by atoms with van der Waals surface area (Å²) in [4.78, 5) is 30.1. The second kappa shape index (κ2) is 10.6. The minimum Gasteiger partial charge on any atom is -0.507 e. The maximum Gasteiger partial charge on any atom is 0.332 e. The number of nitrogens with zero attached hydrogens (tertiary/aromatic N) is 5. The summed E-state index contributed by atoms with van der Waals surface area (Å²) >= 11 is 6.55. The molecule has 40 heavy (non-hydrogen) atoms. The lowest BCUT2D eigenvalue weighted by Gasteiger charge is -2.38. The van der Waals surface area contributed by atoms with Gasteiger partial charge in [-0.15, -0.1) is 0 Å². The summed E-state index contributed by atoms with van der Waals surface area (Å²) in [6.07, 6.45) is 4.89. The number of piperazine rings is 1. The Labute approximate surface area is 237 Å². The highest BCUT2D eigenvalue weighted by Crippen LogP contribution is 2.42. The smallest absolute Gasteiger partial charge is 0.332 e. The predicted molar refractivity (Wildman–Crippen MR) is 157 cm³/mol. The molecule has 2 aromatic heterocycles. The fourth-order valence-electron chi connectivity index (χ4n) is 5.45. The topological polar surface area (TPSA) is 75.6 Å². The number of imidazole rings is 1. The molecule has 1 saturated heterocycles. The number of phenols is 1. The normalized spacial score (nSPS) is 14.3. The summed E-state index contributed by atoms with van der Waals surface area (Å²) in [5.41, 5.74) is 2.94. The Balaban J connectivity index is 1.59. The van der Waals surface area contributed by atoms with Gasteiger partial charge in [0, 0.05) is 81.6 Å². The van der Waals surface area contributed by atoms with E-state index in [9.17, 15) is 14.7 Å². The van der Waals surface area contributed by atoms with Crippen molar-refractivity contribution in [1.82, 2.24) is 18.6 Å². The number of aromatic nitrogens is 3. The van der Waals surface area contributed by atoms with Crippen molar-refractivity contribution in [2.75, 3.05) is 31.1 Å². The van der Waals surface area contributed by atoms with E-state index in [1.807, 2.05) is 6.92 Å². The molecule has 0 aliphatic carbocycles. The van der Waals surface area contributed by atoms with Crippen LogP contribution in [0.25, 0.3) is 27.9 Å². The molecule has 1 fully saturated rings. The van der Waals surface area contributed by atoms with E-state index in [4.69, 9.17) is 11.6 Å². The Morgan fingerprint density at radius 1 is 0.925 bits per heavy atom. The highest BCUT2D eigenvalue weighted by Gasteiger charge is 2.25. The number of hydrogen-bond donors (Lipinski definition) is 1. The Morgan fingerprint density at radius 2 is 1.60 bits per heavy atom. The summed E-state index contributed by atoms with van der Waals surface area (Å²) in [6, 6.07) is 7.91. The van der Waals surface area contributed by atoms with Crippen LogP contribution in [0.4, 0.5) is 10.1 Å². The number of halogens is 2. The fraction of sp³-hybridized carbons (Fsp3) is 0.333. The van der Waals surface area contributed by atoms with E-state index in [0.717, 1.165) is 13.1 Å². The molecule has 10 heteroatoms. The molecular formula is C30H33ClFN5O3. The highest BCUT2D eigenvalue weighted by atomic mass is 35.5. The number of rotatable bonds is 5. The van der Waals surface area contributed by atoms with Gasteiger partial charge in [0.1, 0.15) is 17.3 Å². The SMILES string of the molecule is Cc1c(-c2cc(F)cc(-c3ccc(-n4ccn(C)c4=O)c(Cl)c3)c2O)cn(C)c(=O)c1N1CCN(C(C)C)CC1. The first-order valence-electron chi connectivity index (χ1n) is 13.2. The zero-order chi connectivity index (χ0) is 28.9. The van der Waals surface area contributed by atoms with Gasteiger partial charge in [-0.2, -0.15) is 0 Å². The molecular weight excluding hydrogens is 533 g/mol. The van der Waals surface area contributed by atoms with Crippen LogP contribution >= 0.6 is 11.6 Å². The quantitative estimate of drug-likeness (QED) is 0.384. The van der Waals surface area contributed by atoms with Gasteiger partial charge in [0.25, 0.3) is 5.56 Å². The molecule has 0 unspecified atom stereocenters. The van der Waals surface area contributed by atoms with Gasteiger partial charge in [0.05, 0.1) is 10.7 Å². The van der Waals surface area contributed by atoms with Gasteiger partial charge in [-0.3, -0.25) is 14.3 Å². The molecule has 4 aromatic rings. The molecule has 2 aromatic carbocycles. The van der Waals surface area contributed by atoms with Crippen molar-refractivity contribution in [2.24, 2.45) is 14.1 Å². The maximum atomic E-state index is 15.1. The van der Waals surface area contributed by atoms with Crippen LogP contribution in [0, 0.1) is 12.7 Å². The molecule has 0 saturated carbocycles. The first-order chi connectivity index (χ1) is 19.0. The Kier molecular flexibility index (Phi) is 7.37. The fourth-order valence-corrected chi connectivity index (χ4v) is 5.72. The molecule has 5 rings (SSSR count). The first-order valence-corrected chi connectivity index (χ1v) is 13.6. The minimum atomic E-state index is -0.539. The van der Waals surface area contributed by atoms with Crippen molar-refractivity contribution >= 4 is 17.3 Å². The number of benzene rings is 2. The number of aryl methyl sites for hydroxylation is 2. The van der Waals surface area contributed by atoms with Gasteiger partial charge < -0.3 is 19.1 Å². The third kappa shape index (κ3) is 4.84. The van der Waals surface area contributed by atoms with E-state index in [0.29, 0.717) is 47.2 Å². The van der Waals surface area contributed by atoms with Crippen molar-refractivity contribution in [3.63, 3.8) is 0 Å². The number of pyridine rings is 1. The summed E-state index contributed by atoms with van der Waals surface area (Å²) < 4.78 is 19.4. The van der Waals surface area contributed by atoms with Gasteiger partial charge >= 0.3 is 5.69 Å². The average molecular weight is 566 g/mol. The third-order valence-corrected chi connectivity index (χ3v) is 8.10. The molecule has 3 heterocycles. The summed E-state index contributed by atoms with van der Waals surface area (Å²) in [5, 5.41) is 11.7. The standard InChI is InChI=1S/C30H33ClFN5O3/c1-18(2)35-9-11-36(12-10-35)27-19(3)24(17-34(5)29(27)39)23-16-21(32)15-22(28(23)38)20-6-7-26(25(31)14-20)37-13-8-33(4)30(37)40/h6-8,13-18,38H,9-12H2,1-5H3. The molecule has 210 valence electrons. The van der Waals surface area contributed by atoms with Crippen molar-refractivity contribution in [1.29, 1.82) is 0 Å². The van der Waals surface area contributed by atoms with E-state index < -0.39 is 5.82 Å². The molecule has 0 bridgehead atoms. The van der Waals surface area contributed by atoms with Crippen LogP contribution in [-0.2, 0) is 14.1 Å². The van der Waals surface area contributed by atoms with Crippen LogP contribution < -0.4 is 16.1 Å². The molecule has 1 aliphatic heterocycles. The molecule has 0 amide bonds. The highest BCUT2D eigenvalue weighted by molar-refractivity contribution is 6.32. The van der Waals surface area contributed by atoms with Crippen molar-refractivity contribution in [3.8, 4) is 33.7 Å².